The highest BCUT2D eigenvalue weighted by molar-refractivity contribution is 6.32. The SMILES string of the molecule is CN1CCN(Cc2ccc(-c3cc(=O)n(C)nc3Cl)cc2)CC1. The molecule has 1 aromatic heterocycles. The molecule has 6 heteroatoms. The van der Waals surface area contributed by atoms with Crippen molar-refractivity contribution in [1.82, 2.24) is 19.6 Å². The second-order valence-corrected chi connectivity index (χ2v) is 6.45. The van der Waals surface area contributed by atoms with E-state index in [9.17, 15) is 4.79 Å². The second-order valence-electron chi connectivity index (χ2n) is 6.09. The topological polar surface area (TPSA) is 41.4 Å². The number of halogens is 1. The van der Waals surface area contributed by atoms with Crippen LogP contribution in [0.25, 0.3) is 11.1 Å². The van der Waals surface area contributed by atoms with Gasteiger partial charge in [-0.3, -0.25) is 9.69 Å². The van der Waals surface area contributed by atoms with Gasteiger partial charge in [0, 0.05) is 51.4 Å². The lowest BCUT2D eigenvalue weighted by molar-refractivity contribution is 0.148. The third-order valence-corrected chi connectivity index (χ3v) is 4.59. The van der Waals surface area contributed by atoms with Gasteiger partial charge in [-0.2, -0.15) is 5.10 Å². The largest absolute Gasteiger partial charge is 0.304 e. The highest BCUT2D eigenvalue weighted by Crippen LogP contribution is 2.25. The van der Waals surface area contributed by atoms with Gasteiger partial charge in [-0.1, -0.05) is 35.9 Å². The molecule has 0 aliphatic carbocycles. The van der Waals surface area contributed by atoms with Crippen molar-refractivity contribution in [3.8, 4) is 11.1 Å². The van der Waals surface area contributed by atoms with Crippen molar-refractivity contribution < 1.29 is 0 Å². The second kappa shape index (κ2) is 6.83. The summed E-state index contributed by atoms with van der Waals surface area (Å²) in [4.78, 5) is 16.6. The summed E-state index contributed by atoms with van der Waals surface area (Å²) in [5.74, 6) is 0. The van der Waals surface area contributed by atoms with Crippen molar-refractivity contribution in [2.75, 3.05) is 33.2 Å². The van der Waals surface area contributed by atoms with Gasteiger partial charge in [-0.25, -0.2) is 4.68 Å². The predicted octanol–water partition coefficient (Wildman–Crippen LogP) is 1.85. The van der Waals surface area contributed by atoms with Crippen LogP contribution in [0, 0.1) is 0 Å². The van der Waals surface area contributed by atoms with Crippen molar-refractivity contribution in [2.24, 2.45) is 7.05 Å². The van der Waals surface area contributed by atoms with Gasteiger partial charge in [0.15, 0.2) is 5.15 Å². The summed E-state index contributed by atoms with van der Waals surface area (Å²) in [6, 6.07) is 9.75. The van der Waals surface area contributed by atoms with Crippen LogP contribution >= 0.6 is 11.6 Å². The molecule has 122 valence electrons. The molecule has 1 saturated heterocycles. The lowest BCUT2D eigenvalue weighted by atomic mass is 10.1. The molecule has 1 aliphatic rings. The molecule has 2 aromatic rings. The molecule has 0 bridgehead atoms. The highest BCUT2D eigenvalue weighted by atomic mass is 35.5. The summed E-state index contributed by atoms with van der Waals surface area (Å²) in [5, 5.41) is 4.38. The number of aryl methyl sites for hydroxylation is 1. The fraction of sp³-hybridized carbons (Fsp3) is 0.412. The van der Waals surface area contributed by atoms with Crippen LogP contribution in [0.2, 0.25) is 5.15 Å². The predicted molar refractivity (Wildman–Crippen MR) is 92.7 cm³/mol. The van der Waals surface area contributed by atoms with Crippen LogP contribution in [0.3, 0.4) is 0 Å². The molecule has 5 nitrogen and oxygen atoms in total. The highest BCUT2D eigenvalue weighted by Gasteiger charge is 2.14. The molecule has 0 spiro atoms. The summed E-state index contributed by atoms with van der Waals surface area (Å²) in [6.45, 7) is 5.39. The first-order valence-corrected chi connectivity index (χ1v) is 8.15. The molecule has 0 unspecified atom stereocenters. The van der Waals surface area contributed by atoms with Gasteiger partial charge in [0.25, 0.3) is 5.56 Å². The van der Waals surface area contributed by atoms with Gasteiger partial charge >= 0.3 is 0 Å². The van der Waals surface area contributed by atoms with E-state index in [2.05, 4.69) is 34.1 Å². The van der Waals surface area contributed by atoms with E-state index in [4.69, 9.17) is 11.6 Å². The van der Waals surface area contributed by atoms with Crippen LogP contribution < -0.4 is 5.56 Å². The minimum Gasteiger partial charge on any atom is -0.304 e. The maximum atomic E-state index is 11.8. The molecule has 0 saturated carbocycles. The third-order valence-electron chi connectivity index (χ3n) is 4.31. The van der Waals surface area contributed by atoms with Crippen molar-refractivity contribution in [2.45, 2.75) is 6.54 Å². The van der Waals surface area contributed by atoms with E-state index in [1.54, 1.807) is 7.05 Å². The van der Waals surface area contributed by atoms with E-state index in [0.717, 1.165) is 38.3 Å². The molecular weight excluding hydrogens is 312 g/mol. The number of hydrogen-bond donors (Lipinski definition) is 0. The lowest BCUT2D eigenvalue weighted by Gasteiger charge is -2.32. The van der Waals surface area contributed by atoms with Crippen LogP contribution in [-0.2, 0) is 13.6 Å². The molecule has 23 heavy (non-hydrogen) atoms. The zero-order valence-electron chi connectivity index (χ0n) is 13.5. The average Bonchev–Trinajstić information content (AvgIpc) is 2.54. The van der Waals surface area contributed by atoms with Crippen molar-refractivity contribution in [1.29, 1.82) is 0 Å². The Morgan fingerprint density at radius 2 is 1.74 bits per heavy atom. The van der Waals surface area contributed by atoms with Crippen LogP contribution in [0.4, 0.5) is 0 Å². The molecule has 0 atom stereocenters. The first-order chi connectivity index (χ1) is 11.0. The first-order valence-electron chi connectivity index (χ1n) is 7.77. The number of benzene rings is 1. The van der Waals surface area contributed by atoms with Crippen LogP contribution in [0.5, 0.6) is 0 Å². The standard InChI is InChI=1S/C17H21ClN4O/c1-20-7-9-22(10-8-20)12-13-3-5-14(6-4-13)15-11-16(23)21(2)19-17(15)18/h3-6,11H,7-10,12H2,1-2H3. The fourth-order valence-electron chi connectivity index (χ4n) is 2.77. The number of aromatic nitrogens is 2. The number of nitrogens with zero attached hydrogens (tertiary/aromatic N) is 4. The van der Waals surface area contributed by atoms with Gasteiger partial charge in [-0.15, -0.1) is 0 Å². The Balaban J connectivity index is 1.75. The van der Waals surface area contributed by atoms with E-state index >= 15 is 0 Å². The Morgan fingerprint density at radius 3 is 2.39 bits per heavy atom. The van der Waals surface area contributed by atoms with Gasteiger partial charge in [-0.05, 0) is 18.2 Å². The molecule has 1 aliphatic heterocycles. The Kier molecular flexibility index (Phi) is 4.80. The maximum Gasteiger partial charge on any atom is 0.267 e. The average molecular weight is 333 g/mol. The van der Waals surface area contributed by atoms with Gasteiger partial charge in [0.2, 0.25) is 0 Å². The Bertz CT molecular complexity index is 733. The zero-order valence-corrected chi connectivity index (χ0v) is 14.3. The summed E-state index contributed by atoms with van der Waals surface area (Å²) in [7, 11) is 3.76. The van der Waals surface area contributed by atoms with E-state index in [-0.39, 0.29) is 5.56 Å². The summed E-state index contributed by atoms with van der Waals surface area (Å²) < 4.78 is 1.24. The Morgan fingerprint density at radius 1 is 1.09 bits per heavy atom. The Labute approximate surface area is 141 Å². The van der Waals surface area contributed by atoms with Crippen LogP contribution in [0.1, 0.15) is 5.56 Å². The summed E-state index contributed by atoms with van der Waals surface area (Å²) in [5.41, 5.74) is 2.71. The van der Waals surface area contributed by atoms with E-state index in [1.165, 1.54) is 16.3 Å². The van der Waals surface area contributed by atoms with E-state index in [0.29, 0.717) is 10.7 Å². The van der Waals surface area contributed by atoms with Crippen molar-refractivity contribution >= 4 is 11.6 Å². The molecule has 2 heterocycles. The molecule has 0 N–H and O–H groups in total. The minimum absolute atomic E-state index is 0.161. The van der Waals surface area contributed by atoms with E-state index in [1.807, 2.05) is 12.1 Å². The zero-order chi connectivity index (χ0) is 16.4. The third kappa shape index (κ3) is 3.80. The molecule has 0 radical (unpaired) electrons. The van der Waals surface area contributed by atoms with Gasteiger partial charge in [0.1, 0.15) is 0 Å². The van der Waals surface area contributed by atoms with Gasteiger partial charge in [0.05, 0.1) is 0 Å². The van der Waals surface area contributed by atoms with Crippen molar-refractivity contribution in [3.05, 3.63) is 51.4 Å². The maximum absolute atomic E-state index is 11.8. The molecular formula is C17H21ClN4O. The molecule has 1 aromatic carbocycles. The van der Waals surface area contributed by atoms with Crippen LogP contribution in [0.15, 0.2) is 35.1 Å². The van der Waals surface area contributed by atoms with Crippen LogP contribution in [-0.4, -0.2) is 52.8 Å². The molecule has 0 amide bonds. The molecule has 1 fully saturated rings. The number of hydrogen-bond acceptors (Lipinski definition) is 4. The summed E-state index contributed by atoms with van der Waals surface area (Å²) >= 11 is 6.16. The quantitative estimate of drug-likeness (QED) is 0.860. The Hall–Kier alpha value is -1.69. The molecule has 3 rings (SSSR count). The number of likely N-dealkylation sites (N-methyl/N-ethyl adjacent to an activating group) is 1. The van der Waals surface area contributed by atoms with E-state index < -0.39 is 0 Å². The normalized spacial score (nSPS) is 16.7. The first kappa shape index (κ1) is 16.2. The lowest BCUT2D eigenvalue weighted by Crippen LogP contribution is -2.43. The minimum atomic E-state index is -0.161. The number of rotatable bonds is 3. The smallest absolute Gasteiger partial charge is 0.267 e. The monoisotopic (exact) mass is 332 g/mol. The van der Waals surface area contributed by atoms with Gasteiger partial charge < -0.3 is 4.90 Å². The summed E-state index contributed by atoms with van der Waals surface area (Å²) in [6.07, 6.45) is 0. The van der Waals surface area contributed by atoms with Crippen molar-refractivity contribution in [3.63, 3.8) is 0 Å². The fourth-order valence-corrected chi connectivity index (χ4v) is 3.04. The number of piperazine rings is 1.